The Bertz CT molecular complexity index is 502. The molecule has 1 aromatic carbocycles. The molecule has 68 valence electrons. The molecule has 0 atom stereocenters. The molecule has 0 aliphatic rings. The third-order valence-corrected chi connectivity index (χ3v) is 2.63. The lowest BCUT2D eigenvalue weighted by atomic mass is 10.3. The molecule has 13 heavy (non-hydrogen) atoms. The number of nitrogens with one attached hydrogen (secondary N) is 2. The molecule has 0 saturated carbocycles. The number of halogens is 1. The van der Waals surface area contributed by atoms with Crippen LogP contribution in [-0.2, 0) is 0 Å². The largest absolute Gasteiger partial charge is 0.493 e. The minimum Gasteiger partial charge on any atom is -0.493 e. The van der Waals surface area contributed by atoms with Crippen molar-refractivity contribution in [2.24, 2.45) is 0 Å². The molecular formula is C8H7BrN2OS. The lowest BCUT2D eigenvalue weighted by Gasteiger charge is -2.02. The third kappa shape index (κ3) is 1.38. The smallest absolute Gasteiger partial charge is 0.175 e. The summed E-state index contributed by atoms with van der Waals surface area (Å²) in [6.07, 6.45) is 0. The van der Waals surface area contributed by atoms with Crippen molar-refractivity contribution in [2.45, 2.75) is 0 Å². The molecule has 0 saturated heterocycles. The highest BCUT2D eigenvalue weighted by Gasteiger charge is 2.07. The van der Waals surface area contributed by atoms with Crippen LogP contribution in [0.1, 0.15) is 0 Å². The van der Waals surface area contributed by atoms with Gasteiger partial charge >= 0.3 is 0 Å². The van der Waals surface area contributed by atoms with Gasteiger partial charge in [0.1, 0.15) is 5.52 Å². The fourth-order valence-electron chi connectivity index (χ4n) is 1.25. The second-order valence-electron chi connectivity index (χ2n) is 2.58. The van der Waals surface area contributed by atoms with Gasteiger partial charge in [-0.05, 0) is 40.3 Å². The number of hydrogen-bond acceptors (Lipinski definition) is 2. The van der Waals surface area contributed by atoms with Gasteiger partial charge in [-0.25, -0.2) is 0 Å². The van der Waals surface area contributed by atoms with Crippen LogP contribution in [0.15, 0.2) is 16.6 Å². The first-order valence-corrected chi connectivity index (χ1v) is 4.87. The summed E-state index contributed by atoms with van der Waals surface area (Å²) in [4.78, 5) is 6.04. The van der Waals surface area contributed by atoms with Crippen molar-refractivity contribution in [3.8, 4) is 5.75 Å². The molecule has 0 spiro atoms. The zero-order valence-electron chi connectivity index (χ0n) is 6.85. The van der Waals surface area contributed by atoms with Gasteiger partial charge in [0.15, 0.2) is 10.5 Å². The van der Waals surface area contributed by atoms with Crippen LogP contribution in [0, 0.1) is 4.77 Å². The molecule has 3 nitrogen and oxygen atoms in total. The molecule has 0 bridgehead atoms. The summed E-state index contributed by atoms with van der Waals surface area (Å²) in [5.74, 6) is 0.768. The maximum Gasteiger partial charge on any atom is 0.175 e. The van der Waals surface area contributed by atoms with Crippen LogP contribution in [0.2, 0.25) is 0 Å². The van der Waals surface area contributed by atoms with Gasteiger partial charge in [0.25, 0.3) is 0 Å². The van der Waals surface area contributed by atoms with E-state index in [1.54, 1.807) is 7.11 Å². The fourth-order valence-corrected chi connectivity index (χ4v) is 1.96. The molecule has 2 N–H and O–H groups in total. The van der Waals surface area contributed by atoms with Crippen molar-refractivity contribution in [3.63, 3.8) is 0 Å². The Hall–Kier alpha value is -0.810. The van der Waals surface area contributed by atoms with Gasteiger partial charge < -0.3 is 14.7 Å². The fraction of sp³-hybridized carbons (Fsp3) is 0.125. The highest BCUT2D eigenvalue weighted by Crippen LogP contribution is 2.31. The van der Waals surface area contributed by atoms with Gasteiger partial charge in [0.05, 0.1) is 17.1 Å². The molecule has 5 heteroatoms. The van der Waals surface area contributed by atoms with Crippen LogP contribution in [0.5, 0.6) is 5.75 Å². The molecule has 0 aliphatic carbocycles. The maximum absolute atomic E-state index is 5.23. The molecule has 0 fully saturated rings. The number of hydrogen-bond donors (Lipinski definition) is 2. The molecule has 2 aromatic rings. The van der Waals surface area contributed by atoms with E-state index in [4.69, 9.17) is 17.0 Å². The van der Waals surface area contributed by atoms with Gasteiger partial charge in [0.2, 0.25) is 0 Å². The highest BCUT2D eigenvalue weighted by molar-refractivity contribution is 9.10. The molecule has 1 heterocycles. The molecule has 0 aliphatic heterocycles. The summed E-state index contributed by atoms with van der Waals surface area (Å²) < 4.78 is 6.74. The van der Waals surface area contributed by atoms with E-state index in [0.29, 0.717) is 4.77 Å². The Morgan fingerprint density at radius 3 is 2.85 bits per heavy atom. The molecule has 0 unspecified atom stereocenters. The number of aromatic nitrogens is 2. The number of aromatic amines is 2. The van der Waals surface area contributed by atoms with Crippen LogP contribution in [0.4, 0.5) is 0 Å². The average Bonchev–Trinajstić information content (AvgIpc) is 2.45. The standard InChI is InChI=1S/C8H7BrN2OS/c1-12-7-4(9)2-3-5-6(7)11-8(13)10-5/h2-3H,1H3,(H2,10,11,13). The summed E-state index contributed by atoms with van der Waals surface area (Å²) in [5, 5.41) is 0. The van der Waals surface area contributed by atoms with Gasteiger partial charge in [0, 0.05) is 0 Å². The summed E-state index contributed by atoms with van der Waals surface area (Å²) >= 11 is 8.38. The van der Waals surface area contributed by atoms with E-state index < -0.39 is 0 Å². The molecule has 0 radical (unpaired) electrons. The van der Waals surface area contributed by atoms with Crippen molar-refractivity contribution < 1.29 is 4.74 Å². The number of H-pyrrole nitrogens is 2. The van der Waals surface area contributed by atoms with Crippen LogP contribution in [0.25, 0.3) is 11.0 Å². The summed E-state index contributed by atoms with van der Waals surface area (Å²) in [5.41, 5.74) is 1.84. The minimum absolute atomic E-state index is 0.603. The van der Waals surface area contributed by atoms with E-state index in [2.05, 4.69) is 25.9 Å². The van der Waals surface area contributed by atoms with Crippen molar-refractivity contribution in [2.75, 3.05) is 7.11 Å². The predicted octanol–water partition coefficient (Wildman–Crippen LogP) is 3.00. The van der Waals surface area contributed by atoms with Gasteiger partial charge in [-0.15, -0.1) is 0 Å². The van der Waals surface area contributed by atoms with Crippen LogP contribution in [0.3, 0.4) is 0 Å². The molecular weight excluding hydrogens is 252 g/mol. The first kappa shape index (κ1) is 8.77. The van der Waals surface area contributed by atoms with E-state index in [9.17, 15) is 0 Å². The third-order valence-electron chi connectivity index (χ3n) is 1.80. The van der Waals surface area contributed by atoms with Crippen molar-refractivity contribution in [3.05, 3.63) is 21.4 Å². The Kier molecular flexibility index (Phi) is 2.13. The summed E-state index contributed by atoms with van der Waals surface area (Å²) in [6.45, 7) is 0. The topological polar surface area (TPSA) is 40.8 Å². The van der Waals surface area contributed by atoms with E-state index >= 15 is 0 Å². The highest BCUT2D eigenvalue weighted by atomic mass is 79.9. The first-order valence-electron chi connectivity index (χ1n) is 3.67. The molecule has 1 aromatic heterocycles. The Balaban J connectivity index is 2.90. The van der Waals surface area contributed by atoms with Gasteiger partial charge in [-0.1, -0.05) is 0 Å². The van der Waals surface area contributed by atoms with Gasteiger partial charge in [-0.2, -0.15) is 0 Å². The molecule has 2 rings (SSSR count). The number of ether oxygens (including phenoxy) is 1. The number of fused-ring (bicyclic) bond motifs is 1. The second kappa shape index (κ2) is 3.16. The number of methoxy groups -OCH3 is 1. The van der Waals surface area contributed by atoms with Crippen molar-refractivity contribution >= 4 is 39.2 Å². The number of imidazole rings is 1. The zero-order valence-corrected chi connectivity index (χ0v) is 9.25. The second-order valence-corrected chi connectivity index (χ2v) is 3.84. The predicted molar refractivity (Wildman–Crippen MR) is 57.7 cm³/mol. The first-order chi connectivity index (χ1) is 6.22. The Morgan fingerprint density at radius 1 is 1.38 bits per heavy atom. The zero-order chi connectivity index (χ0) is 9.42. The maximum atomic E-state index is 5.23. The number of rotatable bonds is 1. The molecule has 0 amide bonds. The van der Waals surface area contributed by atoms with Gasteiger partial charge in [-0.3, -0.25) is 0 Å². The monoisotopic (exact) mass is 258 g/mol. The van der Waals surface area contributed by atoms with Crippen LogP contribution >= 0.6 is 28.1 Å². The minimum atomic E-state index is 0.603. The van der Waals surface area contributed by atoms with Crippen LogP contribution in [-0.4, -0.2) is 17.1 Å². The quantitative estimate of drug-likeness (QED) is 0.773. The van der Waals surface area contributed by atoms with E-state index in [-0.39, 0.29) is 0 Å². The van der Waals surface area contributed by atoms with Crippen molar-refractivity contribution in [1.29, 1.82) is 0 Å². The van der Waals surface area contributed by atoms with Crippen molar-refractivity contribution in [1.82, 2.24) is 9.97 Å². The Morgan fingerprint density at radius 2 is 2.15 bits per heavy atom. The van der Waals surface area contributed by atoms with Crippen LogP contribution < -0.4 is 4.74 Å². The summed E-state index contributed by atoms with van der Waals surface area (Å²) in [6, 6.07) is 3.86. The average molecular weight is 259 g/mol. The SMILES string of the molecule is COc1c(Br)ccc2[nH]c(=S)[nH]c12. The van der Waals surface area contributed by atoms with E-state index in [1.165, 1.54) is 0 Å². The lowest BCUT2D eigenvalue weighted by Crippen LogP contribution is -1.85. The lowest BCUT2D eigenvalue weighted by molar-refractivity contribution is 0.416. The van der Waals surface area contributed by atoms with E-state index in [1.807, 2.05) is 12.1 Å². The number of benzene rings is 1. The summed E-state index contributed by atoms with van der Waals surface area (Å²) in [7, 11) is 1.63. The Labute approximate surface area is 88.2 Å². The van der Waals surface area contributed by atoms with E-state index in [0.717, 1.165) is 21.3 Å². The normalized spacial score (nSPS) is 10.6.